The van der Waals surface area contributed by atoms with E-state index in [1.165, 1.54) is 20.8 Å². The molecule has 8 nitrogen and oxygen atoms in total. The van der Waals surface area contributed by atoms with Gasteiger partial charge >= 0.3 is 17.9 Å². The summed E-state index contributed by atoms with van der Waals surface area (Å²) in [5.41, 5.74) is 0. The minimum atomic E-state index is -1.08. The van der Waals surface area contributed by atoms with E-state index in [-0.39, 0.29) is 6.61 Å². The lowest BCUT2D eigenvalue weighted by Gasteiger charge is -2.38. The molecular formula is C12H15NO7S. The van der Waals surface area contributed by atoms with E-state index in [4.69, 9.17) is 18.9 Å². The van der Waals surface area contributed by atoms with Crippen LogP contribution in [0.1, 0.15) is 20.8 Å². The van der Waals surface area contributed by atoms with Crippen LogP contribution in [0.25, 0.3) is 0 Å². The van der Waals surface area contributed by atoms with E-state index in [9.17, 15) is 14.4 Å². The van der Waals surface area contributed by atoms with Crippen molar-refractivity contribution in [2.24, 2.45) is 4.99 Å². The van der Waals surface area contributed by atoms with E-state index in [1.807, 2.05) is 0 Å². The number of isothiocyanates is 1. The first kappa shape index (κ1) is 17.2. The molecule has 0 aromatic heterocycles. The second-order valence-electron chi connectivity index (χ2n) is 4.24. The van der Waals surface area contributed by atoms with Crippen LogP contribution in [-0.2, 0) is 33.3 Å². The molecule has 116 valence electrons. The van der Waals surface area contributed by atoms with Gasteiger partial charge in [-0.05, 0) is 12.2 Å². The number of hydrogen-bond acceptors (Lipinski definition) is 9. The fourth-order valence-corrected chi connectivity index (χ4v) is 1.99. The summed E-state index contributed by atoms with van der Waals surface area (Å²) in [7, 11) is 0. The lowest BCUT2D eigenvalue weighted by Crippen LogP contribution is -2.56. The van der Waals surface area contributed by atoms with E-state index in [0.29, 0.717) is 0 Å². The maximum Gasteiger partial charge on any atom is 0.303 e. The average molecular weight is 317 g/mol. The molecule has 1 saturated heterocycles. The van der Waals surface area contributed by atoms with Crippen molar-refractivity contribution in [1.82, 2.24) is 0 Å². The number of ether oxygens (including phenoxy) is 4. The third-order valence-corrected chi connectivity index (χ3v) is 2.61. The number of esters is 3. The average Bonchev–Trinajstić information content (AvgIpc) is 2.35. The number of aliphatic imine (C=N–C) groups is 1. The highest BCUT2D eigenvalue weighted by Gasteiger charge is 2.46. The van der Waals surface area contributed by atoms with Gasteiger partial charge in [-0.1, -0.05) is 0 Å². The molecule has 0 N–H and O–H groups in total. The summed E-state index contributed by atoms with van der Waals surface area (Å²) in [4.78, 5) is 37.3. The standard InChI is InChI=1S/C12H15NO7S/c1-6(14)18-9-4-17-12(13-5-21)11(20-8(3)16)10(9)19-7(2)15/h9-12H,4H2,1-3H3/t9-,10-,11+,12+/m1/s1. The molecule has 0 spiro atoms. The molecule has 0 aromatic rings. The summed E-state index contributed by atoms with van der Waals surface area (Å²) >= 11 is 4.49. The molecule has 0 amide bonds. The van der Waals surface area contributed by atoms with Crippen LogP contribution < -0.4 is 0 Å². The number of nitrogens with zero attached hydrogens (tertiary/aromatic N) is 1. The Morgan fingerprint density at radius 1 is 1.05 bits per heavy atom. The molecule has 21 heavy (non-hydrogen) atoms. The normalized spacial score (nSPS) is 28.0. The first-order valence-corrected chi connectivity index (χ1v) is 6.46. The van der Waals surface area contributed by atoms with E-state index < -0.39 is 42.4 Å². The molecule has 1 aliphatic rings. The fourth-order valence-electron chi connectivity index (χ4n) is 1.89. The highest BCUT2D eigenvalue weighted by Crippen LogP contribution is 2.24. The van der Waals surface area contributed by atoms with Gasteiger partial charge in [-0.25, -0.2) is 0 Å². The van der Waals surface area contributed by atoms with E-state index in [2.05, 4.69) is 22.4 Å². The van der Waals surface area contributed by atoms with Crippen LogP contribution in [0.2, 0.25) is 0 Å². The molecule has 9 heteroatoms. The minimum Gasteiger partial charge on any atom is -0.456 e. The van der Waals surface area contributed by atoms with Gasteiger partial charge in [-0.3, -0.25) is 14.4 Å². The zero-order valence-electron chi connectivity index (χ0n) is 11.7. The molecule has 0 saturated carbocycles. The van der Waals surface area contributed by atoms with Crippen LogP contribution >= 0.6 is 12.2 Å². The third kappa shape index (κ3) is 5.22. The SMILES string of the molecule is CC(=O)O[C@H]1[C@H](OC(C)=O)[C@@H](N=C=S)OC[C@H]1OC(C)=O. The molecule has 0 bridgehead atoms. The Morgan fingerprint density at radius 3 is 2.05 bits per heavy atom. The monoisotopic (exact) mass is 317 g/mol. The van der Waals surface area contributed by atoms with Crippen molar-refractivity contribution in [2.45, 2.75) is 45.3 Å². The van der Waals surface area contributed by atoms with Gasteiger partial charge in [-0.15, -0.1) is 0 Å². The van der Waals surface area contributed by atoms with Crippen LogP contribution in [0.3, 0.4) is 0 Å². The van der Waals surface area contributed by atoms with Crippen molar-refractivity contribution in [2.75, 3.05) is 6.61 Å². The Labute approximate surface area is 126 Å². The number of carbonyl (C=O) groups is 3. The predicted octanol–water partition coefficient (Wildman–Crippen LogP) is 0.241. The molecule has 1 rings (SSSR count). The summed E-state index contributed by atoms with van der Waals surface area (Å²) < 4.78 is 20.5. The molecule has 0 unspecified atom stereocenters. The van der Waals surface area contributed by atoms with Gasteiger partial charge in [0, 0.05) is 20.8 Å². The molecule has 0 aliphatic carbocycles. The lowest BCUT2D eigenvalue weighted by molar-refractivity contribution is -0.224. The smallest absolute Gasteiger partial charge is 0.303 e. The van der Waals surface area contributed by atoms with Crippen molar-refractivity contribution in [3.05, 3.63) is 0 Å². The number of hydrogen-bond donors (Lipinski definition) is 0. The van der Waals surface area contributed by atoms with Crippen molar-refractivity contribution < 1.29 is 33.3 Å². The highest BCUT2D eigenvalue weighted by molar-refractivity contribution is 7.78. The first-order chi connectivity index (χ1) is 9.85. The second kappa shape index (κ2) is 7.82. The largest absolute Gasteiger partial charge is 0.456 e. The maximum atomic E-state index is 11.2. The molecular weight excluding hydrogens is 302 g/mol. The van der Waals surface area contributed by atoms with Gasteiger partial charge in [-0.2, -0.15) is 4.99 Å². The summed E-state index contributed by atoms with van der Waals surface area (Å²) in [6.07, 6.45) is -4.02. The van der Waals surface area contributed by atoms with Crippen molar-refractivity contribution in [3.63, 3.8) is 0 Å². The summed E-state index contributed by atoms with van der Waals surface area (Å²) in [5.74, 6) is -1.84. The topological polar surface area (TPSA) is 100 Å². The van der Waals surface area contributed by atoms with Crippen LogP contribution in [0.15, 0.2) is 4.99 Å². The van der Waals surface area contributed by atoms with Crippen molar-refractivity contribution >= 4 is 35.3 Å². The van der Waals surface area contributed by atoms with E-state index in [1.54, 1.807) is 0 Å². The predicted molar refractivity (Wildman–Crippen MR) is 71.4 cm³/mol. The summed E-state index contributed by atoms with van der Waals surface area (Å²) in [5, 5.41) is 2.11. The van der Waals surface area contributed by atoms with Gasteiger partial charge in [0.1, 0.15) is 0 Å². The van der Waals surface area contributed by atoms with Crippen LogP contribution in [0.4, 0.5) is 0 Å². The van der Waals surface area contributed by atoms with Crippen LogP contribution in [-0.4, -0.2) is 54.2 Å². The van der Waals surface area contributed by atoms with Crippen LogP contribution in [0.5, 0.6) is 0 Å². The minimum absolute atomic E-state index is 0.0829. The molecule has 4 atom stereocenters. The summed E-state index contributed by atoms with van der Waals surface area (Å²) in [6, 6.07) is 0. The Morgan fingerprint density at radius 2 is 1.57 bits per heavy atom. The maximum absolute atomic E-state index is 11.2. The van der Waals surface area contributed by atoms with Crippen molar-refractivity contribution in [3.8, 4) is 0 Å². The van der Waals surface area contributed by atoms with Crippen molar-refractivity contribution in [1.29, 1.82) is 0 Å². The summed E-state index contributed by atoms with van der Waals surface area (Å²) in [6.45, 7) is 3.48. The number of carbonyl (C=O) groups excluding carboxylic acids is 3. The first-order valence-electron chi connectivity index (χ1n) is 6.05. The van der Waals surface area contributed by atoms with Gasteiger partial charge in [0.15, 0.2) is 24.5 Å². The Hall–Kier alpha value is -1.83. The van der Waals surface area contributed by atoms with Gasteiger partial charge in [0.05, 0.1) is 11.8 Å². The number of rotatable bonds is 4. The van der Waals surface area contributed by atoms with Gasteiger partial charge in [0.25, 0.3) is 0 Å². The fraction of sp³-hybridized carbons (Fsp3) is 0.667. The van der Waals surface area contributed by atoms with Gasteiger partial charge < -0.3 is 18.9 Å². The molecule has 1 aliphatic heterocycles. The third-order valence-electron chi connectivity index (χ3n) is 2.50. The molecule has 1 fully saturated rings. The zero-order chi connectivity index (χ0) is 16.0. The van der Waals surface area contributed by atoms with Gasteiger partial charge in [0.2, 0.25) is 0 Å². The van der Waals surface area contributed by atoms with E-state index >= 15 is 0 Å². The number of thiocarbonyl (C=S) groups is 1. The Bertz CT molecular complexity index is 474. The van der Waals surface area contributed by atoms with Crippen LogP contribution in [0, 0.1) is 0 Å². The Balaban J connectivity index is 3.05. The second-order valence-corrected chi connectivity index (χ2v) is 4.42. The molecule has 0 aromatic carbocycles. The molecule has 1 heterocycles. The zero-order valence-corrected chi connectivity index (χ0v) is 12.5. The van der Waals surface area contributed by atoms with E-state index in [0.717, 1.165) is 0 Å². The lowest BCUT2D eigenvalue weighted by atomic mass is 10.0. The molecule has 0 radical (unpaired) electrons. The Kier molecular flexibility index (Phi) is 6.41. The highest BCUT2D eigenvalue weighted by atomic mass is 32.1. The quantitative estimate of drug-likeness (QED) is 0.314.